The smallest absolute Gasteiger partial charge is 0.387 e. The van der Waals surface area contributed by atoms with Crippen molar-refractivity contribution in [2.45, 2.75) is 26.5 Å². The summed E-state index contributed by atoms with van der Waals surface area (Å²) in [6.45, 7) is 0.484. The number of halogens is 4. The van der Waals surface area contributed by atoms with E-state index in [2.05, 4.69) is 25.0 Å². The fourth-order valence-electron chi connectivity index (χ4n) is 2.58. The number of aryl methyl sites for hydroxylation is 2. The number of aromatic nitrogens is 3. The van der Waals surface area contributed by atoms with Crippen LogP contribution in [0.4, 0.5) is 19.0 Å². The Hall–Kier alpha value is -2.74. The molecule has 9 heteroatoms. The van der Waals surface area contributed by atoms with Crippen LogP contribution in [0, 0.1) is 19.7 Å². The van der Waals surface area contributed by atoms with Gasteiger partial charge in [-0.1, -0.05) is 17.7 Å². The van der Waals surface area contributed by atoms with E-state index in [9.17, 15) is 13.2 Å². The number of benzene rings is 1. The zero-order chi connectivity index (χ0) is 19.6. The van der Waals surface area contributed by atoms with E-state index < -0.39 is 18.5 Å². The van der Waals surface area contributed by atoms with Gasteiger partial charge in [0.2, 0.25) is 0 Å². The lowest BCUT2D eigenvalue weighted by Gasteiger charge is -2.19. The summed E-state index contributed by atoms with van der Waals surface area (Å²) in [5.74, 6) is 0.444. The molecule has 3 aromatic rings. The van der Waals surface area contributed by atoms with Crippen LogP contribution in [0.15, 0.2) is 36.5 Å². The predicted molar refractivity (Wildman–Crippen MR) is 95.8 cm³/mol. The van der Waals surface area contributed by atoms with Gasteiger partial charge < -0.3 is 15.0 Å². The van der Waals surface area contributed by atoms with Crippen LogP contribution in [0.2, 0.25) is 5.02 Å². The standard InChI is InChI=1S/C18H16ClF3N4O/c1-9-8-23-17(24-9)16(11-3-4-13(20)12(19)7-11)26-15-6-5-14(10(2)25-15)27-18(21)22/h3-8,16,18H,1-2H3,(H,23,24)(H,25,26)/t16-/m1/s1. The van der Waals surface area contributed by atoms with E-state index in [4.69, 9.17) is 11.6 Å². The predicted octanol–water partition coefficient (Wildman–Crippen LogP) is 5.02. The van der Waals surface area contributed by atoms with Gasteiger partial charge in [0.1, 0.15) is 29.3 Å². The first-order valence-corrected chi connectivity index (χ1v) is 8.36. The Balaban J connectivity index is 1.94. The fraction of sp³-hybridized carbons (Fsp3) is 0.222. The van der Waals surface area contributed by atoms with Crippen LogP contribution in [-0.2, 0) is 0 Å². The second-order valence-electron chi connectivity index (χ2n) is 5.86. The maximum atomic E-state index is 13.5. The Bertz CT molecular complexity index is 948. The molecule has 2 aromatic heterocycles. The summed E-state index contributed by atoms with van der Waals surface area (Å²) in [7, 11) is 0. The SMILES string of the molecule is Cc1cnc([C@H](Nc2ccc(OC(F)F)c(C)n2)c2ccc(F)c(Cl)c2)[nH]1. The topological polar surface area (TPSA) is 62.8 Å². The molecule has 2 N–H and O–H groups in total. The first-order chi connectivity index (χ1) is 12.8. The molecule has 0 aliphatic heterocycles. The fourth-order valence-corrected chi connectivity index (χ4v) is 2.77. The molecule has 0 radical (unpaired) electrons. The third-order valence-corrected chi connectivity index (χ3v) is 4.11. The number of ether oxygens (including phenoxy) is 1. The summed E-state index contributed by atoms with van der Waals surface area (Å²) in [6.07, 6.45) is 1.66. The molecule has 0 saturated heterocycles. The Kier molecular flexibility index (Phi) is 5.55. The largest absolute Gasteiger partial charge is 0.433 e. The first kappa shape index (κ1) is 19.0. The second-order valence-corrected chi connectivity index (χ2v) is 6.27. The van der Waals surface area contributed by atoms with Gasteiger partial charge in [-0.3, -0.25) is 0 Å². The van der Waals surface area contributed by atoms with E-state index in [0.717, 1.165) is 5.69 Å². The third kappa shape index (κ3) is 4.51. The highest BCUT2D eigenvalue weighted by molar-refractivity contribution is 6.30. The maximum absolute atomic E-state index is 13.5. The molecular weight excluding hydrogens is 381 g/mol. The third-order valence-electron chi connectivity index (χ3n) is 3.82. The van der Waals surface area contributed by atoms with Gasteiger partial charge in [0.25, 0.3) is 0 Å². The molecule has 27 heavy (non-hydrogen) atoms. The summed E-state index contributed by atoms with van der Waals surface area (Å²) in [5, 5.41) is 3.14. The molecule has 0 aliphatic carbocycles. The normalized spacial score (nSPS) is 12.3. The van der Waals surface area contributed by atoms with Gasteiger partial charge >= 0.3 is 6.61 Å². The lowest BCUT2D eigenvalue weighted by molar-refractivity contribution is -0.0505. The van der Waals surface area contributed by atoms with Crippen LogP contribution in [0.25, 0.3) is 0 Å². The number of nitrogens with one attached hydrogen (secondary N) is 2. The molecule has 0 amide bonds. The van der Waals surface area contributed by atoms with Gasteiger partial charge in [-0.05, 0) is 43.7 Å². The van der Waals surface area contributed by atoms with Crippen molar-refractivity contribution in [1.82, 2.24) is 15.0 Å². The van der Waals surface area contributed by atoms with E-state index >= 15 is 0 Å². The van der Waals surface area contributed by atoms with Gasteiger partial charge in [-0.15, -0.1) is 0 Å². The average molecular weight is 397 g/mol. The van der Waals surface area contributed by atoms with Crippen LogP contribution in [0.5, 0.6) is 5.75 Å². The van der Waals surface area contributed by atoms with Crippen LogP contribution in [0.1, 0.15) is 28.8 Å². The molecule has 1 aromatic carbocycles. The molecule has 0 bridgehead atoms. The van der Waals surface area contributed by atoms with E-state index in [1.54, 1.807) is 19.2 Å². The molecule has 3 rings (SSSR count). The Labute approximate surface area is 158 Å². The summed E-state index contributed by atoms with van der Waals surface area (Å²) < 4.78 is 42.7. The number of hydrogen-bond acceptors (Lipinski definition) is 4. The second kappa shape index (κ2) is 7.87. The van der Waals surface area contributed by atoms with Crippen molar-refractivity contribution < 1.29 is 17.9 Å². The van der Waals surface area contributed by atoms with Crippen LogP contribution >= 0.6 is 11.6 Å². The van der Waals surface area contributed by atoms with Gasteiger partial charge in [0.15, 0.2) is 0 Å². The van der Waals surface area contributed by atoms with Gasteiger partial charge in [-0.25, -0.2) is 14.4 Å². The summed E-state index contributed by atoms with van der Waals surface area (Å²) in [6, 6.07) is 6.74. The zero-order valence-corrected chi connectivity index (χ0v) is 15.2. The molecule has 1 atom stereocenters. The van der Waals surface area contributed by atoms with Crippen molar-refractivity contribution in [2.75, 3.05) is 5.32 Å². The number of nitrogens with zero attached hydrogens (tertiary/aromatic N) is 2. The van der Waals surface area contributed by atoms with E-state index in [-0.39, 0.29) is 10.8 Å². The Morgan fingerprint density at radius 1 is 1.19 bits per heavy atom. The van der Waals surface area contributed by atoms with Crippen LogP contribution in [0.3, 0.4) is 0 Å². The maximum Gasteiger partial charge on any atom is 0.387 e. The van der Waals surface area contributed by atoms with Crippen molar-refractivity contribution >= 4 is 17.4 Å². The highest BCUT2D eigenvalue weighted by atomic mass is 35.5. The molecule has 5 nitrogen and oxygen atoms in total. The Morgan fingerprint density at radius 2 is 1.96 bits per heavy atom. The van der Waals surface area contributed by atoms with Gasteiger partial charge in [0, 0.05) is 11.9 Å². The molecule has 0 spiro atoms. The highest BCUT2D eigenvalue weighted by Gasteiger charge is 2.20. The number of imidazole rings is 1. The minimum Gasteiger partial charge on any atom is -0.433 e. The number of pyridine rings is 1. The van der Waals surface area contributed by atoms with Crippen LogP contribution in [-0.4, -0.2) is 21.6 Å². The summed E-state index contributed by atoms with van der Waals surface area (Å²) >= 11 is 5.91. The monoisotopic (exact) mass is 396 g/mol. The Morgan fingerprint density at radius 3 is 2.56 bits per heavy atom. The zero-order valence-electron chi connectivity index (χ0n) is 14.4. The summed E-state index contributed by atoms with van der Waals surface area (Å²) in [5.41, 5.74) is 1.80. The van der Waals surface area contributed by atoms with Crippen molar-refractivity contribution in [2.24, 2.45) is 0 Å². The number of H-pyrrole nitrogens is 1. The van der Waals surface area contributed by atoms with E-state index in [1.165, 1.54) is 24.3 Å². The molecule has 0 fully saturated rings. The van der Waals surface area contributed by atoms with Crippen molar-refractivity contribution in [3.8, 4) is 5.75 Å². The van der Waals surface area contributed by atoms with Crippen molar-refractivity contribution in [1.29, 1.82) is 0 Å². The lowest BCUT2D eigenvalue weighted by atomic mass is 10.1. The van der Waals surface area contributed by atoms with Gasteiger partial charge in [0.05, 0.1) is 10.7 Å². The molecule has 0 aliphatic rings. The first-order valence-electron chi connectivity index (χ1n) is 7.99. The average Bonchev–Trinajstić information content (AvgIpc) is 3.03. The highest BCUT2D eigenvalue weighted by Crippen LogP contribution is 2.29. The molecule has 0 saturated carbocycles. The van der Waals surface area contributed by atoms with E-state index in [1.807, 2.05) is 6.92 Å². The lowest BCUT2D eigenvalue weighted by Crippen LogP contribution is -2.15. The molecule has 142 valence electrons. The molecule has 0 unspecified atom stereocenters. The number of anilines is 1. The quantitative estimate of drug-likeness (QED) is 0.614. The number of hydrogen-bond donors (Lipinski definition) is 2. The number of rotatable bonds is 6. The van der Waals surface area contributed by atoms with Crippen LogP contribution < -0.4 is 10.1 Å². The summed E-state index contributed by atoms with van der Waals surface area (Å²) in [4.78, 5) is 11.7. The van der Waals surface area contributed by atoms with Crippen molar-refractivity contribution in [3.05, 3.63) is 70.1 Å². The van der Waals surface area contributed by atoms with Crippen molar-refractivity contribution in [3.63, 3.8) is 0 Å². The molecule has 2 heterocycles. The van der Waals surface area contributed by atoms with Gasteiger partial charge in [-0.2, -0.15) is 8.78 Å². The molecular formula is C18H16ClF3N4O. The minimum atomic E-state index is -2.93. The number of aromatic amines is 1. The number of alkyl halides is 2. The minimum absolute atomic E-state index is 0.00855. The van der Waals surface area contributed by atoms with E-state index in [0.29, 0.717) is 22.9 Å².